The van der Waals surface area contributed by atoms with E-state index in [4.69, 9.17) is 5.11 Å². The molecule has 2 saturated carbocycles. The molecule has 2 aliphatic carbocycles. The standard InChI is InChI=1S/C17H20N2O/c1-15(2)16(11-20)13-9-6-10-14(13)17(15,19-18-16)12-7-4-3-5-8-12/h3-5,7-8,11,13-14H,6,9-10H2,1-2H3. The topological polar surface area (TPSA) is 41.8 Å². The molecule has 0 amide bonds. The highest BCUT2D eigenvalue weighted by Gasteiger charge is 2.77. The molecule has 0 aromatic heterocycles. The normalized spacial score (nSPS) is 43.7. The van der Waals surface area contributed by atoms with E-state index in [0.29, 0.717) is 11.8 Å². The predicted octanol–water partition coefficient (Wildman–Crippen LogP) is 3.74. The zero-order valence-electron chi connectivity index (χ0n) is 12.0. The summed E-state index contributed by atoms with van der Waals surface area (Å²) in [5.74, 6) is 0.829. The predicted molar refractivity (Wildman–Crippen MR) is 76.4 cm³/mol. The first-order valence-corrected chi connectivity index (χ1v) is 7.56. The lowest BCUT2D eigenvalue weighted by Gasteiger charge is -2.39. The Kier molecular flexibility index (Phi) is 2.19. The zero-order chi connectivity index (χ0) is 14.0. The van der Waals surface area contributed by atoms with E-state index in [1.54, 1.807) is 0 Å². The van der Waals surface area contributed by atoms with Gasteiger partial charge in [0.1, 0.15) is 17.4 Å². The van der Waals surface area contributed by atoms with Crippen molar-refractivity contribution in [3.05, 3.63) is 35.9 Å². The Morgan fingerprint density at radius 2 is 1.80 bits per heavy atom. The SMILES string of the molecule is CC1(C)C2(C=O)N=NC1(c1ccccc1)C1CCCC12. The largest absolute Gasteiger partial charge is 0.301 e. The minimum atomic E-state index is -0.607. The molecular formula is C17H20N2O. The lowest BCUT2D eigenvalue weighted by Crippen LogP contribution is -2.47. The molecular weight excluding hydrogens is 248 g/mol. The first kappa shape index (κ1) is 12.2. The Morgan fingerprint density at radius 3 is 2.50 bits per heavy atom. The number of carbonyl (C=O) groups excluding carboxylic acids is 1. The van der Waals surface area contributed by atoms with Gasteiger partial charge in [0.05, 0.1) is 0 Å². The average Bonchev–Trinajstić information content (AvgIpc) is 3.07. The van der Waals surface area contributed by atoms with Crippen molar-refractivity contribution in [2.45, 2.75) is 44.2 Å². The summed E-state index contributed by atoms with van der Waals surface area (Å²) >= 11 is 0. The highest BCUT2D eigenvalue weighted by Crippen LogP contribution is 2.73. The van der Waals surface area contributed by atoms with Crippen LogP contribution in [0, 0.1) is 17.3 Å². The molecule has 0 spiro atoms. The number of nitrogens with zero attached hydrogens (tertiary/aromatic N) is 2. The molecule has 3 nitrogen and oxygen atoms in total. The molecule has 4 rings (SSSR count). The number of hydrogen-bond acceptors (Lipinski definition) is 3. The number of benzene rings is 1. The molecule has 104 valence electrons. The van der Waals surface area contributed by atoms with E-state index in [-0.39, 0.29) is 11.0 Å². The van der Waals surface area contributed by atoms with Crippen LogP contribution in [0.5, 0.6) is 0 Å². The number of azo groups is 1. The molecule has 20 heavy (non-hydrogen) atoms. The van der Waals surface area contributed by atoms with Gasteiger partial charge < -0.3 is 4.79 Å². The second-order valence-electron chi connectivity index (χ2n) is 7.04. The molecule has 3 aliphatic rings. The van der Waals surface area contributed by atoms with Crippen LogP contribution in [-0.2, 0) is 10.3 Å². The molecule has 3 heteroatoms. The summed E-state index contributed by atoms with van der Waals surface area (Å²) in [6, 6.07) is 10.5. The van der Waals surface area contributed by atoms with Crippen molar-refractivity contribution in [3.63, 3.8) is 0 Å². The van der Waals surface area contributed by atoms with Crippen LogP contribution in [0.25, 0.3) is 0 Å². The first-order chi connectivity index (χ1) is 9.60. The fourth-order valence-corrected chi connectivity index (χ4v) is 5.36. The van der Waals surface area contributed by atoms with Gasteiger partial charge in [0, 0.05) is 5.41 Å². The molecule has 2 bridgehead atoms. The molecule has 1 aliphatic heterocycles. The molecule has 0 radical (unpaired) electrons. The molecule has 0 N–H and O–H groups in total. The van der Waals surface area contributed by atoms with Gasteiger partial charge in [-0.05, 0) is 30.2 Å². The average molecular weight is 268 g/mol. The van der Waals surface area contributed by atoms with E-state index in [2.05, 4.69) is 43.2 Å². The summed E-state index contributed by atoms with van der Waals surface area (Å²) in [6.45, 7) is 4.37. The Labute approximate surface area is 119 Å². The Hall–Kier alpha value is -1.51. The quantitative estimate of drug-likeness (QED) is 0.753. The van der Waals surface area contributed by atoms with Crippen molar-refractivity contribution in [3.8, 4) is 0 Å². The molecule has 4 atom stereocenters. The van der Waals surface area contributed by atoms with Crippen molar-refractivity contribution in [2.24, 2.45) is 27.5 Å². The first-order valence-electron chi connectivity index (χ1n) is 7.56. The summed E-state index contributed by atoms with van der Waals surface area (Å²) < 4.78 is 0. The lowest BCUT2D eigenvalue weighted by molar-refractivity contribution is -0.116. The third kappa shape index (κ3) is 1.01. The van der Waals surface area contributed by atoms with E-state index in [1.807, 2.05) is 6.07 Å². The van der Waals surface area contributed by atoms with Gasteiger partial charge in [-0.2, -0.15) is 10.2 Å². The number of aldehydes is 1. The highest BCUT2D eigenvalue weighted by molar-refractivity contribution is 5.71. The van der Waals surface area contributed by atoms with Crippen molar-refractivity contribution in [1.82, 2.24) is 0 Å². The third-order valence-corrected chi connectivity index (χ3v) is 6.34. The van der Waals surface area contributed by atoms with Gasteiger partial charge in [0.25, 0.3) is 0 Å². The second-order valence-corrected chi connectivity index (χ2v) is 7.04. The molecule has 0 saturated heterocycles. The molecule has 1 aromatic rings. The molecule has 4 unspecified atom stereocenters. The van der Waals surface area contributed by atoms with E-state index in [0.717, 1.165) is 19.1 Å². The van der Waals surface area contributed by atoms with Gasteiger partial charge in [-0.3, -0.25) is 0 Å². The van der Waals surface area contributed by atoms with Gasteiger partial charge in [-0.1, -0.05) is 50.6 Å². The molecule has 1 aromatic carbocycles. The summed E-state index contributed by atoms with van der Waals surface area (Å²) in [6.07, 6.45) is 4.57. The van der Waals surface area contributed by atoms with Crippen LogP contribution in [0.2, 0.25) is 0 Å². The fourth-order valence-electron chi connectivity index (χ4n) is 5.36. The fraction of sp³-hybridized carbons (Fsp3) is 0.588. The third-order valence-electron chi connectivity index (χ3n) is 6.34. The second kappa shape index (κ2) is 3.57. The number of hydrogen-bond donors (Lipinski definition) is 0. The van der Waals surface area contributed by atoms with E-state index >= 15 is 0 Å². The molecule has 1 heterocycles. The van der Waals surface area contributed by atoms with Crippen LogP contribution >= 0.6 is 0 Å². The Bertz CT molecular complexity index is 594. The van der Waals surface area contributed by atoms with E-state index < -0.39 is 5.54 Å². The van der Waals surface area contributed by atoms with Crippen molar-refractivity contribution >= 4 is 6.29 Å². The number of fused-ring (bicyclic) bond motifs is 5. The number of rotatable bonds is 2. The zero-order valence-corrected chi connectivity index (χ0v) is 12.0. The summed E-state index contributed by atoms with van der Waals surface area (Å²) in [7, 11) is 0. The minimum absolute atomic E-state index is 0.237. The van der Waals surface area contributed by atoms with Crippen LogP contribution in [0.3, 0.4) is 0 Å². The Morgan fingerprint density at radius 1 is 1.10 bits per heavy atom. The maximum absolute atomic E-state index is 12.0. The maximum Gasteiger partial charge on any atom is 0.150 e. The molecule has 2 fully saturated rings. The highest BCUT2D eigenvalue weighted by atomic mass is 16.1. The monoisotopic (exact) mass is 268 g/mol. The van der Waals surface area contributed by atoms with Gasteiger partial charge in [-0.25, -0.2) is 0 Å². The van der Waals surface area contributed by atoms with Gasteiger partial charge >= 0.3 is 0 Å². The van der Waals surface area contributed by atoms with Crippen molar-refractivity contribution in [1.29, 1.82) is 0 Å². The van der Waals surface area contributed by atoms with Crippen LogP contribution in [0.15, 0.2) is 40.6 Å². The summed E-state index contributed by atoms with van der Waals surface area (Å²) in [4.78, 5) is 12.0. The van der Waals surface area contributed by atoms with Crippen LogP contribution in [0.4, 0.5) is 0 Å². The summed E-state index contributed by atoms with van der Waals surface area (Å²) in [5.41, 5.74) is 0.0750. The van der Waals surface area contributed by atoms with Crippen LogP contribution in [0.1, 0.15) is 38.7 Å². The maximum atomic E-state index is 12.0. The van der Waals surface area contributed by atoms with Gasteiger partial charge in [0.2, 0.25) is 0 Å². The van der Waals surface area contributed by atoms with Gasteiger partial charge in [0.15, 0.2) is 0 Å². The lowest BCUT2D eigenvalue weighted by atomic mass is 9.63. The summed E-state index contributed by atoms with van der Waals surface area (Å²) in [5, 5.41) is 9.29. The van der Waals surface area contributed by atoms with Crippen LogP contribution < -0.4 is 0 Å². The van der Waals surface area contributed by atoms with Crippen molar-refractivity contribution < 1.29 is 4.79 Å². The smallest absolute Gasteiger partial charge is 0.150 e. The van der Waals surface area contributed by atoms with Crippen molar-refractivity contribution in [2.75, 3.05) is 0 Å². The Balaban J connectivity index is 2.00. The van der Waals surface area contributed by atoms with E-state index in [9.17, 15) is 4.79 Å². The van der Waals surface area contributed by atoms with E-state index in [1.165, 1.54) is 12.0 Å². The number of carbonyl (C=O) groups is 1. The van der Waals surface area contributed by atoms with Gasteiger partial charge in [-0.15, -0.1) is 0 Å². The minimum Gasteiger partial charge on any atom is -0.301 e. The van der Waals surface area contributed by atoms with Crippen LogP contribution in [-0.4, -0.2) is 11.8 Å².